The number of hydrogen-bond donors (Lipinski definition) is 2. The molecule has 0 atom stereocenters. The third-order valence-corrected chi connectivity index (χ3v) is 2.52. The molecule has 2 N–H and O–H groups in total. The van der Waals surface area contributed by atoms with E-state index in [9.17, 15) is 4.79 Å². The van der Waals surface area contributed by atoms with Crippen LogP contribution >= 0.6 is 0 Å². The van der Waals surface area contributed by atoms with Gasteiger partial charge in [0.05, 0.1) is 18.1 Å². The van der Waals surface area contributed by atoms with Gasteiger partial charge in [0.2, 0.25) is 0 Å². The maximum absolute atomic E-state index is 11.7. The lowest BCUT2D eigenvalue weighted by Gasteiger charge is -2.04. The number of nitrogens with zero attached hydrogens (tertiary/aromatic N) is 1. The monoisotopic (exact) mass is 245 g/mol. The average Bonchev–Trinajstić information content (AvgIpc) is 2.92. The lowest BCUT2D eigenvalue weighted by atomic mass is 10.3. The number of furan rings is 1. The molecule has 5 heteroatoms. The second kappa shape index (κ2) is 5.86. The summed E-state index contributed by atoms with van der Waals surface area (Å²) in [6.07, 6.45) is 3.92. The van der Waals surface area contributed by atoms with Gasteiger partial charge in [-0.2, -0.15) is 0 Å². The van der Waals surface area contributed by atoms with Crippen LogP contribution in [0.1, 0.15) is 16.2 Å². The second-order valence-corrected chi connectivity index (χ2v) is 3.77. The van der Waals surface area contributed by atoms with Crippen LogP contribution in [-0.4, -0.2) is 24.5 Å². The van der Waals surface area contributed by atoms with E-state index in [4.69, 9.17) is 4.42 Å². The fraction of sp³-hybridized carbons (Fsp3) is 0.231. The maximum atomic E-state index is 11.7. The van der Waals surface area contributed by atoms with Crippen LogP contribution in [0, 0.1) is 0 Å². The summed E-state index contributed by atoms with van der Waals surface area (Å²) in [4.78, 5) is 15.8. The van der Waals surface area contributed by atoms with E-state index in [0.29, 0.717) is 18.7 Å². The van der Waals surface area contributed by atoms with Crippen molar-refractivity contribution in [2.45, 2.75) is 6.42 Å². The predicted molar refractivity (Wildman–Crippen MR) is 68.5 cm³/mol. The minimum Gasteiger partial charge on any atom is -0.469 e. The van der Waals surface area contributed by atoms with Crippen LogP contribution < -0.4 is 10.6 Å². The van der Waals surface area contributed by atoms with Crippen molar-refractivity contribution in [2.24, 2.45) is 0 Å². The first-order valence-corrected chi connectivity index (χ1v) is 5.74. The molecule has 2 heterocycles. The van der Waals surface area contributed by atoms with Crippen molar-refractivity contribution in [1.82, 2.24) is 10.3 Å². The van der Waals surface area contributed by atoms with Gasteiger partial charge in [-0.15, -0.1) is 0 Å². The first kappa shape index (κ1) is 12.2. The molecule has 0 aliphatic carbocycles. The zero-order valence-corrected chi connectivity index (χ0v) is 10.1. The molecule has 0 unspecified atom stereocenters. The van der Waals surface area contributed by atoms with Gasteiger partial charge in [0.1, 0.15) is 11.5 Å². The molecule has 2 aromatic heterocycles. The van der Waals surface area contributed by atoms with Crippen molar-refractivity contribution in [3.63, 3.8) is 0 Å². The van der Waals surface area contributed by atoms with Crippen LogP contribution in [0.3, 0.4) is 0 Å². The predicted octanol–water partition coefficient (Wildman–Crippen LogP) is 1.69. The van der Waals surface area contributed by atoms with Crippen LogP contribution in [0.25, 0.3) is 0 Å². The van der Waals surface area contributed by atoms with Gasteiger partial charge in [-0.25, -0.2) is 4.98 Å². The lowest BCUT2D eigenvalue weighted by Crippen LogP contribution is -2.26. The summed E-state index contributed by atoms with van der Waals surface area (Å²) in [5.74, 6) is 0.679. The molecule has 0 aliphatic rings. The van der Waals surface area contributed by atoms with Crippen molar-refractivity contribution in [1.29, 1.82) is 0 Å². The molecule has 0 fully saturated rings. The van der Waals surface area contributed by atoms with E-state index < -0.39 is 0 Å². The minimum absolute atomic E-state index is 0.177. The number of pyridine rings is 1. The number of amides is 1. The summed E-state index contributed by atoms with van der Waals surface area (Å²) in [6.45, 7) is 0.530. The topological polar surface area (TPSA) is 67.2 Å². The summed E-state index contributed by atoms with van der Waals surface area (Å²) in [6, 6.07) is 7.21. The number of rotatable bonds is 5. The van der Waals surface area contributed by atoms with Crippen molar-refractivity contribution < 1.29 is 9.21 Å². The van der Waals surface area contributed by atoms with Crippen molar-refractivity contribution in [3.8, 4) is 0 Å². The number of hydrogen-bond acceptors (Lipinski definition) is 4. The van der Waals surface area contributed by atoms with Gasteiger partial charge in [-0.3, -0.25) is 4.79 Å². The van der Waals surface area contributed by atoms with Gasteiger partial charge < -0.3 is 15.1 Å². The molecular weight excluding hydrogens is 230 g/mol. The fourth-order valence-electron chi connectivity index (χ4n) is 1.52. The van der Waals surface area contributed by atoms with E-state index in [-0.39, 0.29) is 5.91 Å². The van der Waals surface area contributed by atoms with E-state index in [0.717, 1.165) is 11.4 Å². The van der Waals surface area contributed by atoms with E-state index >= 15 is 0 Å². The standard InChI is InChI=1S/C13H15N3O2/c1-14-10-4-5-12(16-9-10)13(17)15-7-6-11-3-2-8-18-11/h2-5,8-9,14H,6-7H2,1H3,(H,15,17). The number of aromatic nitrogens is 1. The van der Waals surface area contributed by atoms with Crippen LogP contribution in [0.4, 0.5) is 5.69 Å². The molecule has 0 bridgehead atoms. The van der Waals surface area contributed by atoms with Gasteiger partial charge >= 0.3 is 0 Å². The molecule has 0 aromatic carbocycles. The molecule has 2 rings (SSSR count). The Morgan fingerprint density at radius 3 is 2.89 bits per heavy atom. The average molecular weight is 245 g/mol. The third kappa shape index (κ3) is 3.10. The molecule has 0 spiro atoms. The van der Waals surface area contributed by atoms with Gasteiger partial charge in [-0.1, -0.05) is 0 Å². The SMILES string of the molecule is CNc1ccc(C(=O)NCCc2ccco2)nc1. The molecule has 0 saturated heterocycles. The van der Waals surface area contributed by atoms with Crippen LogP contribution in [-0.2, 0) is 6.42 Å². The second-order valence-electron chi connectivity index (χ2n) is 3.77. The van der Waals surface area contributed by atoms with Crippen molar-refractivity contribution in [2.75, 3.05) is 18.9 Å². The van der Waals surface area contributed by atoms with Crippen LogP contribution in [0.15, 0.2) is 41.1 Å². The zero-order valence-electron chi connectivity index (χ0n) is 10.1. The molecule has 94 valence electrons. The first-order chi connectivity index (χ1) is 8.79. The Labute approximate surface area is 105 Å². The Balaban J connectivity index is 1.83. The van der Waals surface area contributed by atoms with Gasteiger partial charge in [0.25, 0.3) is 5.91 Å². The largest absolute Gasteiger partial charge is 0.469 e. The van der Waals surface area contributed by atoms with Crippen LogP contribution in [0.2, 0.25) is 0 Å². The third-order valence-electron chi connectivity index (χ3n) is 2.52. The zero-order chi connectivity index (χ0) is 12.8. The normalized spacial score (nSPS) is 10.1. The molecule has 0 radical (unpaired) electrons. The summed E-state index contributed by atoms with van der Waals surface area (Å²) in [7, 11) is 1.81. The highest BCUT2D eigenvalue weighted by Crippen LogP contribution is 2.05. The molecule has 1 amide bonds. The Bertz CT molecular complexity index is 491. The van der Waals surface area contributed by atoms with E-state index in [1.165, 1.54) is 0 Å². The smallest absolute Gasteiger partial charge is 0.269 e. The molecule has 18 heavy (non-hydrogen) atoms. The van der Waals surface area contributed by atoms with E-state index in [1.807, 2.05) is 18.2 Å². The maximum Gasteiger partial charge on any atom is 0.269 e. The quantitative estimate of drug-likeness (QED) is 0.841. The van der Waals surface area contributed by atoms with Gasteiger partial charge in [0, 0.05) is 20.0 Å². The Hall–Kier alpha value is -2.30. The van der Waals surface area contributed by atoms with Gasteiger partial charge in [0.15, 0.2) is 0 Å². The van der Waals surface area contributed by atoms with E-state index in [1.54, 1.807) is 25.6 Å². The summed E-state index contributed by atoms with van der Waals surface area (Å²) in [5, 5.41) is 5.74. The van der Waals surface area contributed by atoms with Crippen molar-refractivity contribution >= 4 is 11.6 Å². The molecule has 0 aliphatic heterocycles. The number of carbonyl (C=O) groups excluding carboxylic acids is 1. The molecule has 5 nitrogen and oxygen atoms in total. The Kier molecular flexibility index (Phi) is 3.96. The van der Waals surface area contributed by atoms with Crippen molar-refractivity contribution in [3.05, 3.63) is 48.2 Å². The Morgan fingerprint density at radius 1 is 1.39 bits per heavy atom. The van der Waals surface area contributed by atoms with Crippen LogP contribution in [0.5, 0.6) is 0 Å². The number of anilines is 1. The first-order valence-electron chi connectivity index (χ1n) is 5.74. The Morgan fingerprint density at radius 2 is 2.28 bits per heavy atom. The number of nitrogens with one attached hydrogen (secondary N) is 2. The highest BCUT2D eigenvalue weighted by Gasteiger charge is 2.06. The highest BCUT2D eigenvalue weighted by atomic mass is 16.3. The molecule has 0 saturated carbocycles. The van der Waals surface area contributed by atoms with E-state index in [2.05, 4.69) is 15.6 Å². The summed E-state index contributed by atoms with van der Waals surface area (Å²) >= 11 is 0. The molecule has 2 aromatic rings. The minimum atomic E-state index is -0.177. The van der Waals surface area contributed by atoms with Gasteiger partial charge in [-0.05, 0) is 24.3 Å². The highest BCUT2D eigenvalue weighted by molar-refractivity contribution is 5.92. The lowest BCUT2D eigenvalue weighted by molar-refractivity contribution is 0.0949. The summed E-state index contributed by atoms with van der Waals surface area (Å²) < 4.78 is 5.18. The molecular formula is C13H15N3O2. The fourth-order valence-corrected chi connectivity index (χ4v) is 1.52. The summed E-state index contributed by atoms with van der Waals surface area (Å²) in [5.41, 5.74) is 1.29. The number of carbonyl (C=O) groups is 1.